The zero-order valence-corrected chi connectivity index (χ0v) is 14.9. The fourth-order valence-corrected chi connectivity index (χ4v) is 2.87. The molecule has 1 unspecified atom stereocenters. The molecule has 0 aliphatic carbocycles. The average molecular weight is 335 g/mol. The number of carbonyl (C=O) groups excluding carboxylic acids is 1. The van der Waals surface area contributed by atoms with E-state index in [0.29, 0.717) is 13.2 Å². The Balaban J connectivity index is 1.73. The second-order valence-corrected chi connectivity index (χ2v) is 5.97. The Labute approximate surface area is 144 Å². The minimum Gasteiger partial charge on any atom is -0.497 e. The van der Waals surface area contributed by atoms with Gasteiger partial charge in [0.15, 0.2) is 0 Å². The van der Waals surface area contributed by atoms with E-state index in [2.05, 4.69) is 29.4 Å². The number of nitrogens with one attached hydrogen (secondary N) is 2. The number of methoxy groups -OCH3 is 1. The normalized spacial score (nSPS) is 16.2. The summed E-state index contributed by atoms with van der Waals surface area (Å²) in [4.78, 5) is 14.4. The molecular weight excluding hydrogens is 306 g/mol. The zero-order valence-electron chi connectivity index (χ0n) is 14.9. The van der Waals surface area contributed by atoms with Crippen molar-refractivity contribution in [2.45, 2.75) is 32.7 Å². The molecule has 0 saturated heterocycles. The lowest BCUT2D eigenvalue weighted by molar-refractivity contribution is 0.213. The first-order valence-corrected chi connectivity index (χ1v) is 8.72. The lowest BCUT2D eigenvalue weighted by Crippen LogP contribution is -2.47. The van der Waals surface area contributed by atoms with Crippen molar-refractivity contribution in [1.82, 2.24) is 15.5 Å². The number of amides is 2. The first kappa shape index (κ1) is 18.4. The van der Waals surface area contributed by atoms with Crippen LogP contribution in [0.3, 0.4) is 0 Å². The maximum absolute atomic E-state index is 12.0. The van der Waals surface area contributed by atoms with Crippen molar-refractivity contribution in [2.75, 3.05) is 39.9 Å². The smallest absolute Gasteiger partial charge is 0.315 e. The molecule has 0 saturated carbocycles. The highest BCUT2D eigenvalue weighted by atomic mass is 16.5. The van der Waals surface area contributed by atoms with Crippen molar-refractivity contribution in [3.63, 3.8) is 0 Å². The van der Waals surface area contributed by atoms with Gasteiger partial charge in [-0.15, -0.1) is 0 Å². The third-order valence-corrected chi connectivity index (χ3v) is 4.34. The molecule has 0 radical (unpaired) electrons. The molecular formula is C18H29N3O3. The third kappa shape index (κ3) is 5.30. The second-order valence-electron chi connectivity index (χ2n) is 5.97. The Morgan fingerprint density at radius 2 is 2.17 bits per heavy atom. The monoisotopic (exact) mass is 335 g/mol. The number of hydrogen-bond donors (Lipinski definition) is 2. The van der Waals surface area contributed by atoms with E-state index in [1.165, 1.54) is 0 Å². The van der Waals surface area contributed by atoms with E-state index in [1.54, 1.807) is 7.11 Å². The molecule has 0 aromatic heterocycles. The minimum atomic E-state index is -0.130. The number of nitrogens with zero attached hydrogens (tertiary/aromatic N) is 1. The molecule has 134 valence electrons. The summed E-state index contributed by atoms with van der Waals surface area (Å²) in [7, 11) is 1.65. The molecule has 1 heterocycles. The highest BCUT2D eigenvalue weighted by Gasteiger charge is 2.21. The summed E-state index contributed by atoms with van der Waals surface area (Å²) in [5.74, 6) is 1.67. The molecule has 1 atom stereocenters. The van der Waals surface area contributed by atoms with Crippen LogP contribution in [-0.4, -0.2) is 56.9 Å². The van der Waals surface area contributed by atoms with Crippen molar-refractivity contribution in [3.05, 3.63) is 23.8 Å². The molecule has 0 bridgehead atoms. The predicted octanol–water partition coefficient (Wildman–Crippen LogP) is 2.03. The maximum atomic E-state index is 12.0. The maximum Gasteiger partial charge on any atom is 0.315 e. The van der Waals surface area contributed by atoms with Gasteiger partial charge in [-0.25, -0.2) is 4.79 Å². The second kappa shape index (κ2) is 9.37. The van der Waals surface area contributed by atoms with Crippen molar-refractivity contribution in [3.8, 4) is 11.5 Å². The van der Waals surface area contributed by atoms with Crippen LogP contribution in [0.4, 0.5) is 4.79 Å². The fraction of sp³-hybridized carbons (Fsp3) is 0.611. The van der Waals surface area contributed by atoms with Gasteiger partial charge in [0.25, 0.3) is 0 Å². The fourth-order valence-electron chi connectivity index (χ4n) is 2.87. The quantitative estimate of drug-likeness (QED) is 0.714. The standard InChI is InChI=1S/C18H29N3O3/c1-4-21(5-2)10-6-9-19-18(22)20-15-11-14-12-16(23-3)7-8-17(14)24-13-15/h7-8,12,15H,4-6,9-11,13H2,1-3H3,(H2,19,20,22). The molecule has 6 nitrogen and oxygen atoms in total. The highest BCUT2D eigenvalue weighted by molar-refractivity contribution is 5.74. The molecule has 2 N–H and O–H groups in total. The Hall–Kier alpha value is -1.95. The van der Waals surface area contributed by atoms with Gasteiger partial charge in [0.05, 0.1) is 13.2 Å². The summed E-state index contributed by atoms with van der Waals surface area (Å²) in [5.41, 5.74) is 1.06. The topological polar surface area (TPSA) is 62.8 Å². The van der Waals surface area contributed by atoms with E-state index < -0.39 is 0 Å². The number of carbonyl (C=O) groups is 1. The van der Waals surface area contributed by atoms with Crippen molar-refractivity contribution < 1.29 is 14.3 Å². The van der Waals surface area contributed by atoms with Crippen LogP contribution in [0, 0.1) is 0 Å². The third-order valence-electron chi connectivity index (χ3n) is 4.34. The predicted molar refractivity (Wildman–Crippen MR) is 94.9 cm³/mol. The number of urea groups is 1. The summed E-state index contributed by atoms with van der Waals surface area (Å²) in [6, 6.07) is 5.61. The van der Waals surface area contributed by atoms with Crippen LogP contribution in [0.2, 0.25) is 0 Å². The Morgan fingerprint density at radius 3 is 2.88 bits per heavy atom. The molecule has 1 aliphatic heterocycles. The van der Waals surface area contributed by atoms with Crippen molar-refractivity contribution in [2.24, 2.45) is 0 Å². The van der Waals surface area contributed by atoms with E-state index in [0.717, 1.165) is 49.5 Å². The molecule has 2 rings (SSSR count). The summed E-state index contributed by atoms with van der Waals surface area (Å²) in [5, 5.41) is 5.91. The lowest BCUT2D eigenvalue weighted by Gasteiger charge is -2.26. The van der Waals surface area contributed by atoms with E-state index in [9.17, 15) is 4.79 Å². The number of fused-ring (bicyclic) bond motifs is 1. The lowest BCUT2D eigenvalue weighted by atomic mass is 10.0. The van der Waals surface area contributed by atoms with Crippen LogP contribution < -0.4 is 20.1 Å². The van der Waals surface area contributed by atoms with Gasteiger partial charge in [0.1, 0.15) is 18.1 Å². The molecule has 1 aromatic rings. The van der Waals surface area contributed by atoms with Crippen LogP contribution in [0.15, 0.2) is 18.2 Å². The van der Waals surface area contributed by atoms with Crippen molar-refractivity contribution in [1.29, 1.82) is 0 Å². The zero-order chi connectivity index (χ0) is 17.4. The molecule has 2 amide bonds. The van der Waals surface area contributed by atoms with Crippen LogP contribution in [-0.2, 0) is 6.42 Å². The van der Waals surface area contributed by atoms with Crippen LogP contribution >= 0.6 is 0 Å². The van der Waals surface area contributed by atoms with Gasteiger partial charge in [-0.2, -0.15) is 0 Å². The van der Waals surface area contributed by atoms with Crippen LogP contribution in [0.25, 0.3) is 0 Å². The Morgan fingerprint density at radius 1 is 1.38 bits per heavy atom. The molecule has 6 heteroatoms. The molecule has 0 spiro atoms. The molecule has 24 heavy (non-hydrogen) atoms. The number of benzene rings is 1. The molecule has 1 aromatic carbocycles. The minimum absolute atomic E-state index is 0.0209. The largest absolute Gasteiger partial charge is 0.497 e. The molecule has 1 aliphatic rings. The number of rotatable bonds is 8. The van der Waals surface area contributed by atoms with Gasteiger partial charge in [0, 0.05) is 6.54 Å². The number of hydrogen-bond acceptors (Lipinski definition) is 4. The van der Waals surface area contributed by atoms with E-state index in [-0.39, 0.29) is 12.1 Å². The van der Waals surface area contributed by atoms with Gasteiger partial charge in [-0.05, 0) is 56.2 Å². The van der Waals surface area contributed by atoms with Gasteiger partial charge < -0.3 is 25.0 Å². The van der Waals surface area contributed by atoms with Gasteiger partial charge in [-0.3, -0.25) is 0 Å². The average Bonchev–Trinajstić information content (AvgIpc) is 2.61. The first-order valence-electron chi connectivity index (χ1n) is 8.72. The SMILES string of the molecule is CCN(CC)CCCNC(=O)NC1COc2ccc(OC)cc2C1. The van der Waals surface area contributed by atoms with Gasteiger partial charge in [-0.1, -0.05) is 13.8 Å². The van der Waals surface area contributed by atoms with Crippen molar-refractivity contribution >= 4 is 6.03 Å². The van der Waals surface area contributed by atoms with Crippen LogP contribution in [0.5, 0.6) is 11.5 Å². The van der Waals surface area contributed by atoms with Gasteiger partial charge in [0.2, 0.25) is 0 Å². The van der Waals surface area contributed by atoms with E-state index >= 15 is 0 Å². The number of ether oxygens (including phenoxy) is 2. The Bertz CT molecular complexity index is 532. The van der Waals surface area contributed by atoms with E-state index in [1.807, 2.05) is 18.2 Å². The first-order chi connectivity index (χ1) is 11.7. The summed E-state index contributed by atoms with van der Waals surface area (Å²) in [6.45, 7) is 8.58. The summed E-state index contributed by atoms with van der Waals surface area (Å²) >= 11 is 0. The molecule has 0 fully saturated rings. The highest BCUT2D eigenvalue weighted by Crippen LogP contribution is 2.28. The summed E-state index contributed by atoms with van der Waals surface area (Å²) in [6.07, 6.45) is 1.70. The Kier molecular flexibility index (Phi) is 7.18. The summed E-state index contributed by atoms with van der Waals surface area (Å²) < 4.78 is 11.0. The van der Waals surface area contributed by atoms with Gasteiger partial charge >= 0.3 is 6.03 Å². The van der Waals surface area contributed by atoms with E-state index in [4.69, 9.17) is 9.47 Å². The van der Waals surface area contributed by atoms with Crippen LogP contribution in [0.1, 0.15) is 25.8 Å².